The van der Waals surface area contributed by atoms with Crippen LogP contribution in [0.4, 0.5) is 5.69 Å². The molecule has 0 amide bonds. The van der Waals surface area contributed by atoms with E-state index in [1.165, 1.54) is 0 Å². The van der Waals surface area contributed by atoms with Crippen LogP contribution in [0.15, 0.2) is 72.3 Å². The van der Waals surface area contributed by atoms with Crippen molar-refractivity contribution in [3.05, 3.63) is 111 Å². The number of esters is 2. The van der Waals surface area contributed by atoms with Gasteiger partial charge in [-0.05, 0) is 153 Å². The van der Waals surface area contributed by atoms with Crippen LogP contribution in [0.2, 0.25) is 0 Å². The third kappa shape index (κ3) is 10.9. The number of rotatable bonds is 10. The van der Waals surface area contributed by atoms with E-state index in [1.807, 2.05) is 48.5 Å². The fourth-order valence-corrected chi connectivity index (χ4v) is 15.0. The molecule has 6 N–H and O–H groups in total. The summed E-state index contributed by atoms with van der Waals surface area (Å²) in [6.07, 6.45) is 16.4. The van der Waals surface area contributed by atoms with Gasteiger partial charge in [-0.1, -0.05) is 86.4 Å². The standard InChI is InChI=1S/C64H77NO11/c1-63(72,22-23-74-50-15-6-7-16-50)37-65-48-26-40(36-66)25-45(30-48)42-18-19-43-35-58(69)76-61-51(43)33-46(60(70)59(61)41-12-3-2-4-13-41)34-57-64(73)54-17-8-5-14-44(54)32-52-53(56(68)21-20-55(52)64)28-39-11-9-10-38(24-39)27-49(67)31-47(29-42)62(71)75-57/h5,9-11,14,24-26,30-31,33,41-44,49-50,52-55,57,65-67,70,72-73H,2-4,6-8,12-13,15-17,20-23,27-29,32,34-37H2,1H3. The molecule has 0 aromatic heterocycles. The van der Waals surface area contributed by atoms with E-state index in [4.69, 9.17) is 14.2 Å². The summed E-state index contributed by atoms with van der Waals surface area (Å²) in [6.45, 7) is 2.09. The van der Waals surface area contributed by atoms with E-state index in [9.17, 15) is 35.1 Å². The quantitative estimate of drug-likeness (QED) is 0.0489. The molecule has 0 saturated heterocycles. The summed E-state index contributed by atoms with van der Waals surface area (Å²) < 4.78 is 19.3. The number of ether oxygens (including phenoxy) is 3. The molecule has 12 nitrogen and oxygen atoms in total. The Balaban J connectivity index is 1.07. The highest BCUT2D eigenvalue weighted by Crippen LogP contribution is 2.58. The molecule has 8 aliphatic rings. The van der Waals surface area contributed by atoms with Gasteiger partial charge in [-0.15, -0.1) is 0 Å². The number of hydrogen-bond acceptors (Lipinski definition) is 12. The maximum atomic E-state index is 15.7. The van der Waals surface area contributed by atoms with Crippen molar-refractivity contribution in [2.45, 2.75) is 189 Å². The van der Waals surface area contributed by atoms with Gasteiger partial charge in [0, 0.05) is 73.1 Å². The topological polar surface area (TPSA) is 192 Å². The van der Waals surface area contributed by atoms with Crippen LogP contribution in [0.3, 0.4) is 0 Å². The number of phenols is 1. The lowest BCUT2D eigenvalue weighted by Crippen LogP contribution is -2.65. The van der Waals surface area contributed by atoms with E-state index >= 15 is 4.79 Å². The number of nitrogens with one attached hydrogen (secondary N) is 1. The molecule has 4 fully saturated rings. The van der Waals surface area contributed by atoms with Crippen LogP contribution in [-0.2, 0) is 49.7 Å². The number of phenolic OH excluding ortho intramolecular Hbond substituents is 1. The second-order valence-electron chi connectivity index (χ2n) is 24.2. The summed E-state index contributed by atoms with van der Waals surface area (Å²) in [5.41, 5.74) is 2.76. The predicted molar refractivity (Wildman–Crippen MR) is 288 cm³/mol. The summed E-state index contributed by atoms with van der Waals surface area (Å²) in [6, 6.07) is 15.4. The van der Waals surface area contributed by atoms with Gasteiger partial charge in [0.2, 0.25) is 0 Å². The number of ketones is 1. The minimum Gasteiger partial charge on any atom is -0.507 e. The number of benzene rings is 3. The van der Waals surface area contributed by atoms with Crippen molar-refractivity contribution < 1.29 is 54.1 Å². The van der Waals surface area contributed by atoms with Crippen LogP contribution in [0.1, 0.15) is 173 Å². The number of aliphatic hydroxyl groups is 4. The molecule has 3 aromatic carbocycles. The van der Waals surface area contributed by atoms with Gasteiger partial charge in [0.15, 0.2) is 0 Å². The Morgan fingerprint density at radius 3 is 2.45 bits per heavy atom. The van der Waals surface area contributed by atoms with Gasteiger partial charge in [0.1, 0.15) is 29.0 Å². The summed E-state index contributed by atoms with van der Waals surface area (Å²) in [7, 11) is 0. The Labute approximate surface area is 447 Å². The number of aliphatic hydroxyl groups excluding tert-OH is 2. The molecule has 10 bridgehead atoms. The van der Waals surface area contributed by atoms with Crippen molar-refractivity contribution in [1.82, 2.24) is 0 Å². The summed E-state index contributed by atoms with van der Waals surface area (Å²) in [5, 5.41) is 64.8. The molecular formula is C64H77NO11. The van der Waals surface area contributed by atoms with Crippen molar-refractivity contribution >= 4 is 23.4 Å². The first-order valence-electron chi connectivity index (χ1n) is 28.7. The van der Waals surface area contributed by atoms with Gasteiger partial charge in [0.05, 0.1) is 36.8 Å². The van der Waals surface area contributed by atoms with E-state index < -0.39 is 53.1 Å². The molecule has 404 valence electrons. The zero-order chi connectivity index (χ0) is 52.7. The van der Waals surface area contributed by atoms with E-state index in [1.54, 1.807) is 13.0 Å². The average molecular weight is 1040 g/mol. The first-order chi connectivity index (χ1) is 36.7. The van der Waals surface area contributed by atoms with Gasteiger partial charge in [0.25, 0.3) is 0 Å². The van der Waals surface area contributed by atoms with Crippen LogP contribution in [0, 0.1) is 41.4 Å². The van der Waals surface area contributed by atoms with Crippen molar-refractivity contribution in [3.63, 3.8) is 0 Å². The Morgan fingerprint density at radius 2 is 1.64 bits per heavy atom. The summed E-state index contributed by atoms with van der Waals surface area (Å²) in [5.74, 6) is 3.32. The van der Waals surface area contributed by atoms with Gasteiger partial charge >= 0.3 is 11.9 Å². The second kappa shape index (κ2) is 22.2. The minimum absolute atomic E-state index is 0.0221. The maximum Gasteiger partial charge on any atom is 0.334 e. The number of anilines is 1. The molecule has 76 heavy (non-hydrogen) atoms. The smallest absolute Gasteiger partial charge is 0.334 e. The molecule has 11 rings (SSSR count). The van der Waals surface area contributed by atoms with Crippen LogP contribution < -0.4 is 10.1 Å². The first kappa shape index (κ1) is 52.7. The number of fused-ring (bicyclic) bond motifs is 9. The molecule has 5 aliphatic carbocycles. The van der Waals surface area contributed by atoms with Gasteiger partial charge in [-0.2, -0.15) is 0 Å². The lowest BCUT2D eigenvalue weighted by atomic mass is 9.49. The minimum atomic E-state index is -1.64. The first-order valence-corrected chi connectivity index (χ1v) is 28.7. The van der Waals surface area contributed by atoms with Crippen LogP contribution in [0.5, 0.6) is 11.5 Å². The monoisotopic (exact) mass is 1040 g/mol. The molecule has 3 aromatic rings. The fourth-order valence-electron chi connectivity index (χ4n) is 15.0. The van der Waals surface area contributed by atoms with E-state index in [2.05, 4.69) is 29.3 Å². The average Bonchev–Trinajstić information content (AvgIpc) is 4.04. The van der Waals surface area contributed by atoms with Gasteiger partial charge in [-0.3, -0.25) is 9.59 Å². The Kier molecular flexibility index (Phi) is 15.4. The molecule has 12 heteroatoms. The number of hydrogen-bond donors (Lipinski definition) is 6. The van der Waals surface area contributed by atoms with Crippen molar-refractivity contribution in [1.29, 1.82) is 0 Å². The Bertz CT molecular complexity index is 2810. The van der Waals surface area contributed by atoms with Crippen molar-refractivity contribution in [2.24, 2.45) is 29.6 Å². The number of carbonyl (C=O) groups is 3. The van der Waals surface area contributed by atoms with E-state index in [0.717, 1.165) is 75.3 Å². The third-order valence-electron chi connectivity index (χ3n) is 18.9. The van der Waals surface area contributed by atoms with Crippen LogP contribution >= 0.6 is 0 Å². The molecule has 0 radical (unpaired) electrons. The highest BCUT2D eigenvalue weighted by Gasteiger charge is 2.62. The second-order valence-corrected chi connectivity index (χ2v) is 24.2. The lowest BCUT2D eigenvalue weighted by molar-refractivity contribution is -0.221. The van der Waals surface area contributed by atoms with Crippen LogP contribution in [-0.4, -0.2) is 85.9 Å². The molecule has 11 unspecified atom stereocenters. The van der Waals surface area contributed by atoms with Gasteiger partial charge < -0.3 is 45.1 Å². The summed E-state index contributed by atoms with van der Waals surface area (Å²) in [4.78, 5) is 43.8. The highest BCUT2D eigenvalue weighted by atomic mass is 16.6. The van der Waals surface area contributed by atoms with E-state index in [0.29, 0.717) is 78.0 Å². The van der Waals surface area contributed by atoms with Crippen molar-refractivity contribution in [3.8, 4) is 23.3 Å². The molecule has 0 spiro atoms. The normalized spacial score (nSPS) is 31.6. The Morgan fingerprint density at radius 1 is 0.868 bits per heavy atom. The maximum absolute atomic E-state index is 15.7. The lowest BCUT2D eigenvalue weighted by Gasteiger charge is -2.58. The molecule has 3 heterocycles. The largest absolute Gasteiger partial charge is 0.507 e. The molecular weight excluding hydrogens is 959 g/mol. The third-order valence-corrected chi connectivity index (χ3v) is 18.9. The predicted octanol–water partition coefficient (Wildman–Crippen LogP) is 9.50. The van der Waals surface area contributed by atoms with E-state index in [-0.39, 0.29) is 98.1 Å². The molecule has 11 atom stereocenters. The number of aromatic hydroxyl groups is 1. The zero-order valence-electron chi connectivity index (χ0n) is 44.2. The zero-order valence-corrected chi connectivity index (χ0v) is 44.2. The van der Waals surface area contributed by atoms with Crippen LogP contribution in [0.25, 0.3) is 0 Å². The number of allylic oxidation sites excluding steroid dienone is 2. The number of carbonyl (C=O) groups excluding carboxylic acids is 3. The Hall–Kier alpha value is -5.29. The SMILES string of the molecule is CC(O)(CCOC1CCCC1)CNc1cc(CO)cc(C2C#CC3CC(=O)Oc4c3cc(c(O)c4C3CCCCC3)CC3OC(=O)C(=CC(O)Cc4cccc(c4)CC4C(=O)CCC5C4CC4C=CCCC4C35O)C2)c1. The van der Waals surface area contributed by atoms with Gasteiger partial charge in [-0.25, -0.2) is 4.79 Å². The molecule has 3 aliphatic heterocycles. The fraction of sp³-hybridized carbons (Fsp3) is 0.578. The highest BCUT2D eigenvalue weighted by molar-refractivity contribution is 5.89. The summed E-state index contributed by atoms with van der Waals surface area (Å²) >= 11 is 0. The number of Topliss-reactive ketones (excluding diaryl/α,β-unsaturated/α-hetero) is 1. The molecule has 4 saturated carbocycles. The van der Waals surface area contributed by atoms with Crippen molar-refractivity contribution in [2.75, 3.05) is 18.5 Å².